The molecule has 0 aliphatic rings. The molecule has 2 N–H and O–H groups in total. The molecule has 108 valence electrons. The summed E-state index contributed by atoms with van der Waals surface area (Å²) in [6.07, 6.45) is 3.53. The van der Waals surface area contributed by atoms with Crippen LogP contribution in [0, 0.1) is 0 Å². The van der Waals surface area contributed by atoms with E-state index in [4.69, 9.17) is 0 Å². The molecule has 0 fully saturated rings. The molecule has 4 heteroatoms. The van der Waals surface area contributed by atoms with Gasteiger partial charge in [-0.05, 0) is 36.2 Å². The standard InChI is InChI=1S/C17H20N4/c1-13(18-11-5-10-17-19-12-20-21-17)15-9-4-7-14-6-2-3-8-16(14)15/h2-4,6-9,12-13,18H,5,10-11H2,1H3,(H,19,20,21). The maximum atomic E-state index is 4.14. The van der Waals surface area contributed by atoms with Gasteiger partial charge in [0.2, 0.25) is 0 Å². The average molecular weight is 280 g/mol. The monoisotopic (exact) mass is 280 g/mol. The second-order valence-corrected chi connectivity index (χ2v) is 5.28. The molecule has 0 bridgehead atoms. The molecule has 0 radical (unpaired) electrons. The number of benzene rings is 2. The highest BCUT2D eigenvalue weighted by Gasteiger charge is 2.08. The van der Waals surface area contributed by atoms with Crippen LogP contribution in [0.5, 0.6) is 0 Å². The predicted octanol–water partition coefficient (Wildman–Crippen LogP) is 3.24. The lowest BCUT2D eigenvalue weighted by molar-refractivity contribution is 0.557. The van der Waals surface area contributed by atoms with E-state index in [-0.39, 0.29) is 0 Å². The summed E-state index contributed by atoms with van der Waals surface area (Å²) in [5, 5.41) is 13.0. The molecule has 21 heavy (non-hydrogen) atoms. The first-order valence-electron chi connectivity index (χ1n) is 7.40. The van der Waals surface area contributed by atoms with E-state index in [1.165, 1.54) is 16.3 Å². The van der Waals surface area contributed by atoms with Crippen molar-refractivity contribution in [3.8, 4) is 0 Å². The van der Waals surface area contributed by atoms with Crippen LogP contribution in [-0.4, -0.2) is 21.7 Å². The molecule has 0 saturated heterocycles. The van der Waals surface area contributed by atoms with Gasteiger partial charge in [0.1, 0.15) is 12.2 Å². The number of aromatic amines is 1. The topological polar surface area (TPSA) is 53.6 Å². The van der Waals surface area contributed by atoms with Gasteiger partial charge < -0.3 is 5.32 Å². The molecule has 0 saturated carbocycles. The molecule has 0 aliphatic carbocycles. The molecule has 2 aromatic carbocycles. The Morgan fingerprint density at radius 3 is 2.86 bits per heavy atom. The number of hydrogen-bond acceptors (Lipinski definition) is 3. The molecular formula is C17H20N4. The molecule has 3 rings (SSSR count). The Balaban J connectivity index is 1.60. The minimum atomic E-state index is 0.339. The average Bonchev–Trinajstić information content (AvgIpc) is 3.04. The van der Waals surface area contributed by atoms with Crippen molar-refractivity contribution in [1.29, 1.82) is 0 Å². The SMILES string of the molecule is CC(NCCCc1ncn[nH]1)c1cccc2ccccc12. The van der Waals surface area contributed by atoms with Gasteiger partial charge in [-0.3, -0.25) is 5.10 Å². The second kappa shape index (κ2) is 6.50. The third kappa shape index (κ3) is 3.28. The number of nitrogens with one attached hydrogen (secondary N) is 2. The van der Waals surface area contributed by atoms with Gasteiger partial charge in [0, 0.05) is 12.5 Å². The fourth-order valence-corrected chi connectivity index (χ4v) is 2.66. The van der Waals surface area contributed by atoms with Crippen LogP contribution in [0.4, 0.5) is 0 Å². The number of aryl methyl sites for hydroxylation is 1. The van der Waals surface area contributed by atoms with Crippen LogP contribution in [0.2, 0.25) is 0 Å². The molecular weight excluding hydrogens is 260 g/mol. The number of rotatable bonds is 6. The van der Waals surface area contributed by atoms with Crippen LogP contribution < -0.4 is 5.32 Å². The summed E-state index contributed by atoms with van der Waals surface area (Å²) in [6, 6.07) is 15.4. The van der Waals surface area contributed by atoms with Gasteiger partial charge in [0.25, 0.3) is 0 Å². The summed E-state index contributed by atoms with van der Waals surface area (Å²) in [5.74, 6) is 0.953. The molecule has 4 nitrogen and oxygen atoms in total. The van der Waals surface area contributed by atoms with E-state index < -0.39 is 0 Å². The van der Waals surface area contributed by atoms with Gasteiger partial charge in [-0.15, -0.1) is 0 Å². The maximum absolute atomic E-state index is 4.14. The van der Waals surface area contributed by atoms with Crippen molar-refractivity contribution in [2.45, 2.75) is 25.8 Å². The summed E-state index contributed by atoms with van der Waals surface area (Å²) in [5.41, 5.74) is 1.35. The van der Waals surface area contributed by atoms with E-state index in [2.05, 4.69) is 69.9 Å². The van der Waals surface area contributed by atoms with Crippen molar-refractivity contribution in [2.75, 3.05) is 6.54 Å². The summed E-state index contributed by atoms with van der Waals surface area (Å²) < 4.78 is 0. The molecule has 1 aromatic heterocycles. The minimum absolute atomic E-state index is 0.339. The maximum Gasteiger partial charge on any atom is 0.137 e. The summed E-state index contributed by atoms with van der Waals surface area (Å²) in [4.78, 5) is 4.14. The Kier molecular flexibility index (Phi) is 4.26. The number of H-pyrrole nitrogens is 1. The van der Waals surface area contributed by atoms with E-state index in [0.717, 1.165) is 25.2 Å². The first kappa shape index (κ1) is 13.8. The predicted molar refractivity (Wildman–Crippen MR) is 85.1 cm³/mol. The fourth-order valence-electron chi connectivity index (χ4n) is 2.66. The lowest BCUT2D eigenvalue weighted by Gasteiger charge is -2.16. The smallest absolute Gasteiger partial charge is 0.137 e. The van der Waals surface area contributed by atoms with Crippen molar-refractivity contribution < 1.29 is 0 Å². The van der Waals surface area contributed by atoms with E-state index in [9.17, 15) is 0 Å². The highest BCUT2D eigenvalue weighted by atomic mass is 15.2. The Labute approximate surface area is 124 Å². The molecule has 0 aliphatic heterocycles. The van der Waals surface area contributed by atoms with Crippen LogP contribution in [0.1, 0.15) is 30.8 Å². The van der Waals surface area contributed by atoms with Gasteiger partial charge in [-0.1, -0.05) is 42.5 Å². The van der Waals surface area contributed by atoms with Crippen LogP contribution in [0.25, 0.3) is 10.8 Å². The Morgan fingerprint density at radius 2 is 2.00 bits per heavy atom. The van der Waals surface area contributed by atoms with E-state index in [1.54, 1.807) is 6.33 Å². The largest absolute Gasteiger partial charge is 0.310 e. The highest BCUT2D eigenvalue weighted by molar-refractivity contribution is 5.86. The van der Waals surface area contributed by atoms with E-state index in [0.29, 0.717) is 6.04 Å². The van der Waals surface area contributed by atoms with Crippen molar-refractivity contribution in [3.05, 3.63) is 60.2 Å². The van der Waals surface area contributed by atoms with Gasteiger partial charge in [0.05, 0.1) is 0 Å². The van der Waals surface area contributed by atoms with Crippen LogP contribution in [-0.2, 0) is 6.42 Å². The molecule has 1 heterocycles. The quantitative estimate of drug-likeness (QED) is 0.682. The number of hydrogen-bond donors (Lipinski definition) is 2. The Bertz CT molecular complexity index is 686. The van der Waals surface area contributed by atoms with E-state index in [1.807, 2.05) is 0 Å². The van der Waals surface area contributed by atoms with Crippen LogP contribution in [0.15, 0.2) is 48.8 Å². The van der Waals surface area contributed by atoms with Gasteiger partial charge >= 0.3 is 0 Å². The zero-order valence-electron chi connectivity index (χ0n) is 12.2. The lowest BCUT2D eigenvalue weighted by atomic mass is 9.99. The first-order chi connectivity index (χ1) is 10.3. The first-order valence-corrected chi connectivity index (χ1v) is 7.40. The Morgan fingerprint density at radius 1 is 1.14 bits per heavy atom. The Hall–Kier alpha value is -2.20. The zero-order valence-corrected chi connectivity index (χ0v) is 12.2. The second-order valence-electron chi connectivity index (χ2n) is 5.28. The zero-order chi connectivity index (χ0) is 14.5. The van der Waals surface area contributed by atoms with Gasteiger partial charge in [-0.25, -0.2) is 4.98 Å². The number of nitrogens with zero attached hydrogens (tertiary/aromatic N) is 2. The minimum Gasteiger partial charge on any atom is -0.310 e. The molecule has 1 atom stereocenters. The van der Waals surface area contributed by atoms with Crippen molar-refractivity contribution in [1.82, 2.24) is 20.5 Å². The summed E-state index contributed by atoms with van der Waals surface area (Å²) in [6.45, 7) is 3.18. The van der Waals surface area contributed by atoms with Crippen LogP contribution in [0.3, 0.4) is 0 Å². The molecule has 0 amide bonds. The fraction of sp³-hybridized carbons (Fsp3) is 0.294. The lowest BCUT2D eigenvalue weighted by Crippen LogP contribution is -2.20. The summed E-state index contributed by atoms with van der Waals surface area (Å²) >= 11 is 0. The van der Waals surface area contributed by atoms with Crippen LogP contribution >= 0.6 is 0 Å². The third-order valence-electron chi connectivity index (χ3n) is 3.80. The normalized spacial score (nSPS) is 12.6. The van der Waals surface area contributed by atoms with Gasteiger partial charge in [-0.2, -0.15) is 5.10 Å². The highest BCUT2D eigenvalue weighted by Crippen LogP contribution is 2.23. The molecule has 3 aromatic rings. The van der Waals surface area contributed by atoms with Crippen molar-refractivity contribution in [2.24, 2.45) is 0 Å². The molecule has 0 spiro atoms. The number of aromatic nitrogens is 3. The van der Waals surface area contributed by atoms with Gasteiger partial charge in [0.15, 0.2) is 0 Å². The third-order valence-corrected chi connectivity index (χ3v) is 3.80. The van der Waals surface area contributed by atoms with Crippen molar-refractivity contribution >= 4 is 10.8 Å². The summed E-state index contributed by atoms with van der Waals surface area (Å²) in [7, 11) is 0. The van der Waals surface area contributed by atoms with E-state index >= 15 is 0 Å². The molecule has 1 unspecified atom stereocenters. The van der Waals surface area contributed by atoms with Crippen molar-refractivity contribution in [3.63, 3.8) is 0 Å². The number of fused-ring (bicyclic) bond motifs is 1.